The minimum Gasteiger partial charge on any atom is -0.327 e. The van der Waals surface area contributed by atoms with Crippen LogP contribution in [0.2, 0.25) is 0 Å². The van der Waals surface area contributed by atoms with Crippen LogP contribution in [0, 0.1) is 5.92 Å². The van der Waals surface area contributed by atoms with Gasteiger partial charge in [-0.2, -0.15) is 0 Å². The lowest BCUT2D eigenvalue weighted by Crippen LogP contribution is -2.24. The van der Waals surface area contributed by atoms with Gasteiger partial charge in [-0.1, -0.05) is 40.5 Å². The van der Waals surface area contributed by atoms with Crippen LogP contribution in [0.3, 0.4) is 0 Å². The molecule has 0 bridgehead atoms. The molecule has 2 heteroatoms. The van der Waals surface area contributed by atoms with E-state index >= 15 is 0 Å². The second-order valence-electron chi connectivity index (χ2n) is 4.48. The molecule has 1 aromatic rings. The Labute approximate surface area is 100 Å². The number of halogens is 1. The summed E-state index contributed by atoms with van der Waals surface area (Å²) < 4.78 is 1.23. The van der Waals surface area contributed by atoms with Gasteiger partial charge in [-0.15, -0.1) is 0 Å². The first-order valence-corrected chi connectivity index (χ1v) is 6.55. The number of rotatable bonds is 3. The number of hydrogen-bond acceptors (Lipinski definition) is 1. The molecule has 1 aromatic carbocycles. The molecule has 82 valence electrons. The molecule has 0 aliphatic heterocycles. The van der Waals surface area contributed by atoms with Crippen LogP contribution in [0.4, 0.5) is 0 Å². The van der Waals surface area contributed by atoms with E-state index in [1.54, 1.807) is 0 Å². The molecule has 2 unspecified atom stereocenters. The maximum atomic E-state index is 6.07. The van der Waals surface area contributed by atoms with Crippen LogP contribution in [0.25, 0.3) is 0 Å². The maximum Gasteiger partial charge on any atom is 0.0207 e. The Bertz CT molecular complexity index is 324. The van der Waals surface area contributed by atoms with Crippen LogP contribution < -0.4 is 5.73 Å². The molecule has 0 heterocycles. The minimum atomic E-state index is 0.451. The van der Waals surface area contributed by atoms with Gasteiger partial charge in [-0.05, 0) is 43.2 Å². The summed E-state index contributed by atoms with van der Waals surface area (Å²) in [5.74, 6) is 0.747. The molecule has 0 spiro atoms. The summed E-state index contributed by atoms with van der Waals surface area (Å²) in [6.45, 7) is 0. The fourth-order valence-electron chi connectivity index (χ4n) is 2.47. The van der Waals surface area contributed by atoms with Crippen molar-refractivity contribution in [1.29, 1.82) is 0 Å². The van der Waals surface area contributed by atoms with Gasteiger partial charge in [-0.25, -0.2) is 0 Å². The molecule has 1 aliphatic rings. The Morgan fingerprint density at radius 2 is 2.07 bits per heavy atom. The van der Waals surface area contributed by atoms with E-state index in [1.807, 2.05) is 0 Å². The second kappa shape index (κ2) is 5.13. The standard InChI is InChI=1S/C13H18BrN/c14-12-6-2-1-4-10(12)8-9-11-5-3-7-13(11)15/h1-2,4,6,11,13H,3,5,7-9,15H2. The Morgan fingerprint density at radius 1 is 1.27 bits per heavy atom. The molecule has 0 radical (unpaired) electrons. The first-order valence-electron chi connectivity index (χ1n) is 5.76. The van der Waals surface area contributed by atoms with E-state index in [9.17, 15) is 0 Å². The van der Waals surface area contributed by atoms with Gasteiger partial charge in [0.15, 0.2) is 0 Å². The molecule has 2 N–H and O–H groups in total. The van der Waals surface area contributed by atoms with Gasteiger partial charge in [0, 0.05) is 10.5 Å². The van der Waals surface area contributed by atoms with Crippen molar-refractivity contribution in [2.45, 2.75) is 38.1 Å². The summed E-state index contributed by atoms with van der Waals surface area (Å²) in [6, 6.07) is 8.94. The van der Waals surface area contributed by atoms with Crippen molar-refractivity contribution in [3.05, 3.63) is 34.3 Å². The Balaban J connectivity index is 1.90. The van der Waals surface area contributed by atoms with Gasteiger partial charge >= 0.3 is 0 Å². The van der Waals surface area contributed by atoms with Crippen molar-refractivity contribution < 1.29 is 0 Å². The van der Waals surface area contributed by atoms with E-state index in [2.05, 4.69) is 40.2 Å². The van der Waals surface area contributed by atoms with E-state index in [0.717, 1.165) is 12.3 Å². The van der Waals surface area contributed by atoms with E-state index in [-0.39, 0.29) is 0 Å². The zero-order valence-electron chi connectivity index (χ0n) is 8.95. The third-order valence-corrected chi connectivity index (χ3v) is 4.23. The summed E-state index contributed by atoms with van der Waals surface area (Å²) in [5, 5.41) is 0. The average Bonchev–Trinajstić information content (AvgIpc) is 2.63. The van der Waals surface area contributed by atoms with Gasteiger partial charge in [-0.3, -0.25) is 0 Å². The summed E-state index contributed by atoms with van der Waals surface area (Å²) in [4.78, 5) is 0. The molecule has 1 fully saturated rings. The van der Waals surface area contributed by atoms with E-state index in [4.69, 9.17) is 5.73 Å². The van der Waals surface area contributed by atoms with Crippen LogP contribution in [0.15, 0.2) is 28.7 Å². The lowest BCUT2D eigenvalue weighted by atomic mass is 9.95. The summed E-state index contributed by atoms with van der Waals surface area (Å²) in [6.07, 6.45) is 6.26. The minimum absolute atomic E-state index is 0.451. The van der Waals surface area contributed by atoms with Crippen LogP contribution in [0.1, 0.15) is 31.2 Å². The van der Waals surface area contributed by atoms with Crippen LogP contribution >= 0.6 is 15.9 Å². The van der Waals surface area contributed by atoms with Crippen LogP contribution in [-0.4, -0.2) is 6.04 Å². The molecule has 15 heavy (non-hydrogen) atoms. The number of hydrogen-bond donors (Lipinski definition) is 1. The second-order valence-corrected chi connectivity index (χ2v) is 5.34. The lowest BCUT2D eigenvalue weighted by Gasteiger charge is -2.15. The van der Waals surface area contributed by atoms with Gasteiger partial charge in [0.1, 0.15) is 0 Å². The Hall–Kier alpha value is -0.340. The van der Waals surface area contributed by atoms with Gasteiger partial charge < -0.3 is 5.73 Å². The molecule has 2 atom stereocenters. The van der Waals surface area contributed by atoms with Crippen LogP contribution in [0.5, 0.6) is 0 Å². The predicted molar refractivity (Wildman–Crippen MR) is 67.8 cm³/mol. The zero-order valence-corrected chi connectivity index (χ0v) is 10.5. The van der Waals surface area contributed by atoms with Crippen molar-refractivity contribution in [1.82, 2.24) is 0 Å². The van der Waals surface area contributed by atoms with Crippen molar-refractivity contribution in [3.63, 3.8) is 0 Å². The molecular weight excluding hydrogens is 250 g/mol. The smallest absolute Gasteiger partial charge is 0.0207 e. The fraction of sp³-hybridized carbons (Fsp3) is 0.538. The third-order valence-electron chi connectivity index (χ3n) is 3.46. The monoisotopic (exact) mass is 267 g/mol. The van der Waals surface area contributed by atoms with Crippen molar-refractivity contribution >= 4 is 15.9 Å². The molecule has 0 saturated heterocycles. The van der Waals surface area contributed by atoms with Crippen molar-refractivity contribution in [2.24, 2.45) is 11.7 Å². The molecule has 1 nitrogen and oxygen atoms in total. The first-order chi connectivity index (χ1) is 7.27. The molecule has 0 amide bonds. The molecule has 2 rings (SSSR count). The SMILES string of the molecule is NC1CCCC1CCc1ccccc1Br. The fourth-order valence-corrected chi connectivity index (χ4v) is 2.95. The van der Waals surface area contributed by atoms with Crippen LogP contribution in [-0.2, 0) is 6.42 Å². The summed E-state index contributed by atoms with van der Waals surface area (Å²) in [7, 11) is 0. The van der Waals surface area contributed by atoms with Gasteiger partial charge in [0.05, 0.1) is 0 Å². The predicted octanol–water partition coefficient (Wildman–Crippen LogP) is 3.51. The topological polar surface area (TPSA) is 26.0 Å². The summed E-state index contributed by atoms with van der Waals surface area (Å²) in [5.41, 5.74) is 7.48. The van der Waals surface area contributed by atoms with E-state index in [1.165, 1.54) is 35.7 Å². The lowest BCUT2D eigenvalue weighted by molar-refractivity contribution is 0.447. The number of benzene rings is 1. The molecule has 0 aromatic heterocycles. The molecule has 1 saturated carbocycles. The van der Waals surface area contributed by atoms with E-state index < -0.39 is 0 Å². The normalized spacial score (nSPS) is 25.7. The first kappa shape index (κ1) is 11.2. The average molecular weight is 268 g/mol. The third kappa shape index (κ3) is 2.82. The van der Waals surface area contributed by atoms with Crippen molar-refractivity contribution in [3.8, 4) is 0 Å². The highest BCUT2D eigenvalue weighted by Gasteiger charge is 2.23. The molecule has 1 aliphatic carbocycles. The van der Waals surface area contributed by atoms with Gasteiger partial charge in [0.2, 0.25) is 0 Å². The zero-order chi connectivity index (χ0) is 10.7. The highest BCUT2D eigenvalue weighted by molar-refractivity contribution is 9.10. The van der Waals surface area contributed by atoms with E-state index in [0.29, 0.717) is 6.04 Å². The number of nitrogens with two attached hydrogens (primary N) is 1. The maximum absolute atomic E-state index is 6.07. The summed E-state index contributed by atoms with van der Waals surface area (Å²) >= 11 is 3.59. The van der Waals surface area contributed by atoms with Crippen molar-refractivity contribution in [2.75, 3.05) is 0 Å². The van der Waals surface area contributed by atoms with Gasteiger partial charge in [0.25, 0.3) is 0 Å². The highest BCUT2D eigenvalue weighted by atomic mass is 79.9. The Morgan fingerprint density at radius 3 is 2.73 bits per heavy atom. The quantitative estimate of drug-likeness (QED) is 0.892. The number of aryl methyl sites for hydroxylation is 1. The molecular formula is C13H18BrN. The Kier molecular flexibility index (Phi) is 3.81. The largest absolute Gasteiger partial charge is 0.327 e. The highest BCUT2D eigenvalue weighted by Crippen LogP contribution is 2.29.